The van der Waals surface area contributed by atoms with E-state index in [0.717, 1.165) is 5.56 Å². The van der Waals surface area contributed by atoms with Gasteiger partial charge in [0.25, 0.3) is 5.91 Å². The SMILES string of the molecule is CC(C)n1ccc(/C=N/NC(=O)c2cccs2)c1. The molecule has 0 aromatic carbocycles. The molecule has 0 saturated carbocycles. The second kappa shape index (κ2) is 5.64. The molecule has 94 valence electrons. The molecule has 0 spiro atoms. The van der Waals surface area contributed by atoms with Crippen molar-refractivity contribution in [2.75, 3.05) is 0 Å². The summed E-state index contributed by atoms with van der Waals surface area (Å²) in [6.07, 6.45) is 5.63. The van der Waals surface area contributed by atoms with Crippen LogP contribution in [0.3, 0.4) is 0 Å². The fourth-order valence-electron chi connectivity index (χ4n) is 1.46. The molecule has 18 heavy (non-hydrogen) atoms. The van der Waals surface area contributed by atoms with Crippen LogP contribution in [-0.4, -0.2) is 16.7 Å². The van der Waals surface area contributed by atoms with Crippen LogP contribution in [0.1, 0.15) is 35.1 Å². The van der Waals surface area contributed by atoms with Crippen LogP contribution >= 0.6 is 11.3 Å². The Morgan fingerprint density at radius 1 is 1.50 bits per heavy atom. The lowest BCUT2D eigenvalue weighted by atomic mass is 10.4. The minimum absolute atomic E-state index is 0.176. The molecule has 2 aromatic heterocycles. The molecule has 2 rings (SSSR count). The third-order valence-corrected chi connectivity index (χ3v) is 3.33. The first-order valence-corrected chi connectivity index (χ1v) is 6.59. The summed E-state index contributed by atoms with van der Waals surface area (Å²) in [5, 5.41) is 5.80. The number of hydrogen-bond acceptors (Lipinski definition) is 3. The first-order valence-electron chi connectivity index (χ1n) is 5.71. The summed E-state index contributed by atoms with van der Waals surface area (Å²) in [6.45, 7) is 4.22. The number of aromatic nitrogens is 1. The smallest absolute Gasteiger partial charge is 0.281 e. The fourth-order valence-corrected chi connectivity index (χ4v) is 2.07. The van der Waals surface area contributed by atoms with Crippen LogP contribution in [0.15, 0.2) is 41.1 Å². The van der Waals surface area contributed by atoms with Crippen molar-refractivity contribution in [3.63, 3.8) is 0 Å². The highest BCUT2D eigenvalue weighted by Crippen LogP contribution is 2.08. The summed E-state index contributed by atoms with van der Waals surface area (Å²) in [5.74, 6) is -0.176. The van der Waals surface area contributed by atoms with Crippen LogP contribution in [-0.2, 0) is 0 Å². The summed E-state index contributed by atoms with van der Waals surface area (Å²) in [5.41, 5.74) is 3.47. The quantitative estimate of drug-likeness (QED) is 0.667. The topological polar surface area (TPSA) is 46.4 Å². The summed E-state index contributed by atoms with van der Waals surface area (Å²) < 4.78 is 2.09. The molecule has 0 aliphatic carbocycles. The zero-order chi connectivity index (χ0) is 13.0. The van der Waals surface area contributed by atoms with Gasteiger partial charge in [0, 0.05) is 24.0 Å². The number of thiophene rings is 1. The predicted octanol–water partition coefficient (Wildman–Crippen LogP) is 2.89. The van der Waals surface area contributed by atoms with Crippen molar-refractivity contribution in [1.82, 2.24) is 9.99 Å². The molecule has 0 aliphatic heterocycles. The number of hydrazone groups is 1. The summed E-state index contributed by atoms with van der Waals surface area (Å²) in [6, 6.07) is 5.99. The van der Waals surface area contributed by atoms with Gasteiger partial charge in [0.05, 0.1) is 11.1 Å². The molecule has 0 radical (unpaired) electrons. The van der Waals surface area contributed by atoms with Gasteiger partial charge in [-0.3, -0.25) is 4.79 Å². The number of carbonyl (C=O) groups excluding carboxylic acids is 1. The number of rotatable bonds is 4. The van der Waals surface area contributed by atoms with Gasteiger partial charge in [-0.2, -0.15) is 5.10 Å². The van der Waals surface area contributed by atoms with Crippen molar-refractivity contribution >= 4 is 23.5 Å². The zero-order valence-electron chi connectivity index (χ0n) is 10.3. The van der Waals surface area contributed by atoms with Crippen molar-refractivity contribution in [1.29, 1.82) is 0 Å². The van der Waals surface area contributed by atoms with Gasteiger partial charge in [-0.05, 0) is 31.4 Å². The number of amides is 1. The molecule has 0 fully saturated rings. The van der Waals surface area contributed by atoms with E-state index in [4.69, 9.17) is 0 Å². The maximum atomic E-state index is 11.6. The van der Waals surface area contributed by atoms with Crippen LogP contribution in [0.25, 0.3) is 0 Å². The summed E-state index contributed by atoms with van der Waals surface area (Å²) >= 11 is 1.40. The van der Waals surface area contributed by atoms with E-state index in [0.29, 0.717) is 10.9 Å². The van der Waals surface area contributed by atoms with E-state index >= 15 is 0 Å². The van der Waals surface area contributed by atoms with Gasteiger partial charge >= 0.3 is 0 Å². The Labute approximate surface area is 110 Å². The molecule has 4 nitrogen and oxygen atoms in total. The Bertz CT molecular complexity index is 540. The Balaban J connectivity index is 1.93. The van der Waals surface area contributed by atoms with Crippen molar-refractivity contribution in [3.8, 4) is 0 Å². The van der Waals surface area contributed by atoms with Crippen molar-refractivity contribution in [2.45, 2.75) is 19.9 Å². The number of carbonyl (C=O) groups is 1. The average Bonchev–Trinajstić information content (AvgIpc) is 3.00. The van der Waals surface area contributed by atoms with Crippen molar-refractivity contribution < 1.29 is 4.79 Å². The van der Waals surface area contributed by atoms with Gasteiger partial charge in [-0.1, -0.05) is 6.07 Å². The van der Waals surface area contributed by atoms with Gasteiger partial charge in [0.1, 0.15) is 0 Å². The molecule has 0 atom stereocenters. The number of nitrogens with one attached hydrogen (secondary N) is 1. The third-order valence-electron chi connectivity index (χ3n) is 2.46. The lowest BCUT2D eigenvalue weighted by Crippen LogP contribution is -2.15. The Morgan fingerprint density at radius 2 is 2.33 bits per heavy atom. The third kappa shape index (κ3) is 3.07. The highest BCUT2D eigenvalue weighted by Gasteiger charge is 2.03. The van der Waals surface area contributed by atoms with Crippen LogP contribution in [0.5, 0.6) is 0 Å². The summed E-state index contributed by atoms with van der Waals surface area (Å²) in [7, 11) is 0. The maximum Gasteiger partial charge on any atom is 0.281 e. The largest absolute Gasteiger partial charge is 0.351 e. The van der Waals surface area contributed by atoms with Gasteiger partial charge in [0.2, 0.25) is 0 Å². The van der Waals surface area contributed by atoms with Crippen molar-refractivity contribution in [2.24, 2.45) is 5.10 Å². The lowest BCUT2D eigenvalue weighted by molar-refractivity contribution is 0.0959. The van der Waals surface area contributed by atoms with Crippen LogP contribution < -0.4 is 5.43 Å². The molecule has 2 aromatic rings. The maximum absolute atomic E-state index is 11.6. The minimum atomic E-state index is -0.176. The first kappa shape index (κ1) is 12.6. The highest BCUT2D eigenvalue weighted by molar-refractivity contribution is 7.12. The van der Waals surface area contributed by atoms with Crippen LogP contribution in [0.4, 0.5) is 0 Å². The monoisotopic (exact) mass is 261 g/mol. The van der Waals surface area contributed by atoms with E-state index < -0.39 is 0 Å². The van der Waals surface area contributed by atoms with E-state index in [2.05, 4.69) is 28.9 Å². The van der Waals surface area contributed by atoms with Gasteiger partial charge < -0.3 is 4.57 Å². The van der Waals surface area contributed by atoms with Gasteiger partial charge in [-0.25, -0.2) is 5.43 Å². The van der Waals surface area contributed by atoms with Crippen molar-refractivity contribution in [3.05, 3.63) is 46.4 Å². The number of hydrogen-bond donors (Lipinski definition) is 1. The second-order valence-electron chi connectivity index (χ2n) is 4.16. The second-order valence-corrected chi connectivity index (χ2v) is 5.11. The van der Waals surface area contributed by atoms with E-state index in [-0.39, 0.29) is 5.91 Å². The Morgan fingerprint density at radius 3 is 2.94 bits per heavy atom. The van der Waals surface area contributed by atoms with Gasteiger partial charge in [0.15, 0.2) is 0 Å². The molecular formula is C13H15N3OS. The molecule has 0 bridgehead atoms. The fraction of sp³-hybridized carbons (Fsp3) is 0.231. The zero-order valence-corrected chi connectivity index (χ0v) is 11.1. The molecule has 0 aliphatic rings. The van der Waals surface area contributed by atoms with Gasteiger partial charge in [-0.15, -0.1) is 11.3 Å². The number of nitrogens with zero attached hydrogens (tertiary/aromatic N) is 2. The predicted molar refractivity (Wildman–Crippen MR) is 74.2 cm³/mol. The highest BCUT2D eigenvalue weighted by atomic mass is 32.1. The molecule has 0 saturated heterocycles. The lowest BCUT2D eigenvalue weighted by Gasteiger charge is -2.04. The van der Waals surface area contributed by atoms with Crippen LogP contribution in [0, 0.1) is 0 Å². The average molecular weight is 261 g/mol. The minimum Gasteiger partial charge on any atom is -0.351 e. The normalized spacial score (nSPS) is 11.3. The Kier molecular flexibility index (Phi) is 3.94. The van der Waals surface area contributed by atoms with E-state index in [1.54, 1.807) is 12.3 Å². The van der Waals surface area contributed by atoms with E-state index in [1.807, 2.05) is 29.9 Å². The molecule has 2 heterocycles. The Hall–Kier alpha value is -1.88. The van der Waals surface area contributed by atoms with E-state index in [1.165, 1.54) is 11.3 Å². The van der Waals surface area contributed by atoms with Crippen LogP contribution in [0.2, 0.25) is 0 Å². The standard InChI is InChI=1S/C13H15N3OS/c1-10(2)16-6-5-11(9-16)8-14-15-13(17)12-4-3-7-18-12/h3-10H,1-2H3,(H,15,17)/b14-8+. The summed E-state index contributed by atoms with van der Waals surface area (Å²) in [4.78, 5) is 12.2. The molecular weight excluding hydrogens is 246 g/mol. The molecule has 0 unspecified atom stereocenters. The molecule has 5 heteroatoms. The molecule has 1 amide bonds. The molecule has 1 N–H and O–H groups in total. The first-order chi connectivity index (χ1) is 8.66. The van der Waals surface area contributed by atoms with E-state index in [9.17, 15) is 4.79 Å².